The number of hydrogen-bond donors (Lipinski definition) is 2. The number of nitrogens with one attached hydrogen (secondary N) is 1. The van der Waals surface area contributed by atoms with E-state index in [1.54, 1.807) is 38.6 Å². The molecule has 6 nitrogen and oxygen atoms in total. The van der Waals surface area contributed by atoms with Crippen molar-refractivity contribution in [2.45, 2.75) is 50.5 Å². The average molecular weight is 511 g/mol. The van der Waals surface area contributed by atoms with E-state index >= 15 is 0 Å². The lowest BCUT2D eigenvalue weighted by molar-refractivity contribution is -0.123. The molecular formula is C25H30ClF3N4O2. The molecule has 3 N–H and O–H groups in total. The molecule has 35 heavy (non-hydrogen) atoms. The molecule has 190 valence electrons. The largest absolute Gasteiger partial charge is 0.366 e. The smallest absolute Gasteiger partial charge is 0.251 e. The highest BCUT2D eigenvalue weighted by molar-refractivity contribution is 6.32. The molecule has 0 bridgehead atoms. The molecule has 1 fully saturated rings. The molecule has 1 aromatic carbocycles. The van der Waals surface area contributed by atoms with Crippen LogP contribution in [0.25, 0.3) is 0 Å². The number of benzene rings is 1. The normalized spacial score (nSPS) is 16.6. The van der Waals surface area contributed by atoms with Crippen LogP contribution in [0.4, 0.5) is 13.2 Å². The van der Waals surface area contributed by atoms with Crippen molar-refractivity contribution in [1.29, 1.82) is 0 Å². The van der Waals surface area contributed by atoms with Crippen LogP contribution in [0.2, 0.25) is 5.02 Å². The molecule has 1 aromatic heterocycles. The Labute approximate surface area is 208 Å². The monoisotopic (exact) mass is 510 g/mol. The molecule has 0 radical (unpaired) electrons. The Morgan fingerprint density at radius 3 is 2.49 bits per heavy atom. The number of alkyl halides is 2. The zero-order chi connectivity index (χ0) is 26.0. The van der Waals surface area contributed by atoms with Gasteiger partial charge in [-0.2, -0.15) is 0 Å². The zero-order valence-corrected chi connectivity index (χ0v) is 20.7. The maximum atomic E-state index is 14.5. The number of halogens is 4. The molecule has 0 unspecified atom stereocenters. The number of rotatable bonds is 11. The van der Waals surface area contributed by atoms with Gasteiger partial charge in [-0.1, -0.05) is 23.7 Å². The number of likely N-dealkylation sites (N-methyl/N-ethyl adjacent to an activating group) is 1. The topological polar surface area (TPSA) is 88.3 Å². The second-order valence-corrected chi connectivity index (χ2v) is 9.86. The number of hydrogen-bond acceptors (Lipinski definition) is 4. The molecule has 2 aromatic rings. The lowest BCUT2D eigenvalue weighted by Gasteiger charge is -2.32. The summed E-state index contributed by atoms with van der Waals surface area (Å²) in [5, 5.41) is 2.65. The minimum atomic E-state index is -2.93. The third kappa shape index (κ3) is 5.95. The molecule has 10 heteroatoms. The van der Waals surface area contributed by atoms with E-state index in [1.807, 2.05) is 4.90 Å². The van der Waals surface area contributed by atoms with Crippen LogP contribution in [0, 0.1) is 11.2 Å². The SMILES string of the molecule is CN(C)[C@H](CNC(=O)C[C@@H](c1cccnc1)C1(C(C)(F)F)CC1)Cc1ccc(C(N)=O)c(F)c1Cl. The van der Waals surface area contributed by atoms with Crippen LogP contribution in [0.15, 0.2) is 36.7 Å². The van der Waals surface area contributed by atoms with Crippen LogP contribution in [-0.2, 0) is 11.2 Å². The van der Waals surface area contributed by atoms with Crippen molar-refractivity contribution in [2.24, 2.45) is 11.1 Å². The number of pyridine rings is 1. The Morgan fingerprint density at radius 1 is 1.29 bits per heavy atom. The quantitative estimate of drug-likeness (QED) is 0.475. The number of nitrogens with zero attached hydrogens (tertiary/aromatic N) is 2. The molecule has 1 aliphatic rings. The van der Waals surface area contributed by atoms with Gasteiger partial charge >= 0.3 is 0 Å². The molecule has 2 atom stereocenters. The summed E-state index contributed by atoms with van der Waals surface area (Å²) in [5.74, 6) is -5.76. The van der Waals surface area contributed by atoms with Crippen molar-refractivity contribution < 1.29 is 22.8 Å². The van der Waals surface area contributed by atoms with Gasteiger partial charge in [0, 0.05) is 42.7 Å². The van der Waals surface area contributed by atoms with Gasteiger partial charge in [-0.05, 0) is 63.5 Å². The summed E-state index contributed by atoms with van der Waals surface area (Å²) in [6.07, 6.45) is 3.97. The Bertz CT molecular complexity index is 1070. The molecule has 0 spiro atoms. The Hall–Kier alpha value is -2.65. The summed E-state index contributed by atoms with van der Waals surface area (Å²) in [6, 6.07) is 5.95. The predicted molar refractivity (Wildman–Crippen MR) is 128 cm³/mol. The van der Waals surface area contributed by atoms with Gasteiger partial charge in [-0.3, -0.25) is 14.6 Å². The maximum absolute atomic E-state index is 14.5. The van der Waals surface area contributed by atoms with Gasteiger partial charge in [0.05, 0.1) is 10.6 Å². The molecule has 1 saturated carbocycles. The van der Waals surface area contributed by atoms with Gasteiger partial charge in [0.2, 0.25) is 5.91 Å². The third-order valence-electron chi connectivity index (χ3n) is 6.95. The van der Waals surface area contributed by atoms with Gasteiger partial charge in [0.1, 0.15) is 0 Å². The highest BCUT2D eigenvalue weighted by Crippen LogP contribution is 2.65. The van der Waals surface area contributed by atoms with Crippen LogP contribution >= 0.6 is 11.6 Å². The molecule has 0 saturated heterocycles. The van der Waals surface area contributed by atoms with Crippen LogP contribution in [0.3, 0.4) is 0 Å². The molecular weight excluding hydrogens is 481 g/mol. The lowest BCUT2D eigenvalue weighted by atomic mass is 9.77. The van der Waals surface area contributed by atoms with E-state index in [2.05, 4.69) is 10.3 Å². The van der Waals surface area contributed by atoms with Crippen LogP contribution in [0.5, 0.6) is 0 Å². The van der Waals surface area contributed by atoms with E-state index < -0.39 is 29.0 Å². The molecule has 1 heterocycles. The first-order chi connectivity index (χ1) is 16.4. The van der Waals surface area contributed by atoms with Crippen LogP contribution in [0.1, 0.15) is 53.6 Å². The van der Waals surface area contributed by atoms with E-state index in [0.717, 1.165) is 6.92 Å². The molecule has 3 rings (SSSR count). The summed E-state index contributed by atoms with van der Waals surface area (Å²) in [6.45, 7) is 1.10. The fourth-order valence-corrected chi connectivity index (χ4v) is 4.80. The number of primary amides is 1. The fourth-order valence-electron chi connectivity index (χ4n) is 4.56. The summed E-state index contributed by atoms with van der Waals surface area (Å²) < 4.78 is 43.5. The highest BCUT2D eigenvalue weighted by atomic mass is 35.5. The minimum Gasteiger partial charge on any atom is -0.366 e. The summed E-state index contributed by atoms with van der Waals surface area (Å²) >= 11 is 6.12. The minimum absolute atomic E-state index is 0.0992. The van der Waals surface area contributed by atoms with Crippen molar-refractivity contribution in [3.8, 4) is 0 Å². The summed E-state index contributed by atoms with van der Waals surface area (Å²) in [4.78, 5) is 30.2. The standard InChI is InChI=1S/C25H30ClF3N4O2/c1-24(28,29)25(8-9-25)19(16-5-4-10-31-13-16)12-20(34)32-14-17(33(2)3)11-15-6-7-18(23(30)35)22(27)21(15)26/h4-7,10,13,17,19H,8-9,11-12,14H2,1-3H3,(H2,30,35)(H,32,34)/t17-,19-/m0/s1. The van der Waals surface area contributed by atoms with Crippen molar-refractivity contribution in [2.75, 3.05) is 20.6 Å². The Kier molecular flexibility index (Phi) is 8.11. The van der Waals surface area contributed by atoms with Crippen molar-refractivity contribution >= 4 is 23.4 Å². The van der Waals surface area contributed by atoms with E-state index in [-0.39, 0.29) is 41.9 Å². The van der Waals surface area contributed by atoms with E-state index in [4.69, 9.17) is 17.3 Å². The van der Waals surface area contributed by atoms with Gasteiger partial charge < -0.3 is 16.0 Å². The third-order valence-corrected chi connectivity index (χ3v) is 7.36. The molecule has 0 aliphatic heterocycles. The number of amides is 2. The van der Waals surface area contributed by atoms with Gasteiger partial charge in [0.15, 0.2) is 5.82 Å². The summed E-state index contributed by atoms with van der Waals surface area (Å²) in [5.41, 5.74) is 4.68. The number of carbonyl (C=O) groups excluding carboxylic acids is 2. The van der Waals surface area contributed by atoms with Crippen molar-refractivity contribution in [3.05, 3.63) is 64.2 Å². The first kappa shape index (κ1) is 26.9. The van der Waals surface area contributed by atoms with Crippen LogP contribution < -0.4 is 11.1 Å². The number of carbonyl (C=O) groups is 2. The predicted octanol–water partition coefficient (Wildman–Crippen LogP) is 4.17. The van der Waals surface area contributed by atoms with E-state index in [9.17, 15) is 22.8 Å². The lowest BCUT2D eigenvalue weighted by Crippen LogP contribution is -2.43. The Morgan fingerprint density at radius 2 is 1.97 bits per heavy atom. The first-order valence-corrected chi connectivity index (χ1v) is 11.7. The van der Waals surface area contributed by atoms with Crippen molar-refractivity contribution in [3.63, 3.8) is 0 Å². The van der Waals surface area contributed by atoms with E-state index in [0.29, 0.717) is 24.0 Å². The fraction of sp³-hybridized carbons (Fsp3) is 0.480. The average Bonchev–Trinajstić information content (AvgIpc) is 3.60. The number of aromatic nitrogens is 1. The molecule has 1 aliphatic carbocycles. The van der Waals surface area contributed by atoms with Crippen LogP contribution in [-0.4, -0.2) is 54.3 Å². The van der Waals surface area contributed by atoms with Gasteiger partial charge in [0.25, 0.3) is 11.8 Å². The van der Waals surface area contributed by atoms with Gasteiger partial charge in [-0.25, -0.2) is 13.2 Å². The van der Waals surface area contributed by atoms with Crippen molar-refractivity contribution in [1.82, 2.24) is 15.2 Å². The second kappa shape index (κ2) is 10.5. The maximum Gasteiger partial charge on any atom is 0.251 e. The number of nitrogens with two attached hydrogens (primary N) is 1. The van der Waals surface area contributed by atoms with Gasteiger partial charge in [-0.15, -0.1) is 0 Å². The molecule has 2 amide bonds. The Balaban J connectivity index is 1.71. The first-order valence-electron chi connectivity index (χ1n) is 11.3. The zero-order valence-electron chi connectivity index (χ0n) is 20.0. The highest BCUT2D eigenvalue weighted by Gasteiger charge is 2.63. The van der Waals surface area contributed by atoms with E-state index in [1.165, 1.54) is 12.1 Å². The second-order valence-electron chi connectivity index (χ2n) is 9.48. The summed E-state index contributed by atoms with van der Waals surface area (Å²) in [7, 11) is 3.60.